The Morgan fingerprint density at radius 1 is 1.29 bits per heavy atom. The van der Waals surface area contributed by atoms with Crippen LogP contribution in [0, 0.1) is 0 Å². The van der Waals surface area contributed by atoms with Crippen LogP contribution in [0.3, 0.4) is 0 Å². The molecule has 0 bridgehead atoms. The lowest BCUT2D eigenvalue weighted by atomic mass is 10.1. The summed E-state index contributed by atoms with van der Waals surface area (Å²) in [4.78, 5) is 13.7. The molecule has 3 nitrogen and oxygen atoms in total. The van der Waals surface area contributed by atoms with Crippen LogP contribution in [0.25, 0.3) is 0 Å². The van der Waals surface area contributed by atoms with Gasteiger partial charge in [-0.1, -0.05) is 38.0 Å². The van der Waals surface area contributed by atoms with E-state index in [1.807, 2.05) is 31.3 Å². The minimum Gasteiger partial charge on any atom is -0.398 e. The summed E-state index contributed by atoms with van der Waals surface area (Å²) in [5, 5.41) is 0. The van der Waals surface area contributed by atoms with Crippen LogP contribution in [0.15, 0.2) is 24.3 Å². The molecule has 1 rings (SSSR count). The first-order valence-electron chi connectivity index (χ1n) is 6.22. The number of benzene rings is 1. The molecular formula is C14H22N2O. The number of nitrogens with two attached hydrogens (primary N) is 1. The molecule has 0 heterocycles. The quantitative estimate of drug-likeness (QED) is 0.607. The molecule has 0 aliphatic rings. The second-order valence-electron chi connectivity index (χ2n) is 4.40. The first-order valence-corrected chi connectivity index (χ1v) is 6.22. The van der Waals surface area contributed by atoms with Gasteiger partial charge >= 0.3 is 0 Å². The van der Waals surface area contributed by atoms with Gasteiger partial charge in [-0.3, -0.25) is 4.79 Å². The number of nitrogens with zero attached hydrogens (tertiary/aromatic N) is 1. The van der Waals surface area contributed by atoms with Crippen molar-refractivity contribution in [3.05, 3.63) is 29.8 Å². The molecule has 0 aliphatic heterocycles. The van der Waals surface area contributed by atoms with Gasteiger partial charge in [0, 0.05) is 19.3 Å². The number of carbonyl (C=O) groups is 1. The van der Waals surface area contributed by atoms with Crippen molar-refractivity contribution in [1.29, 1.82) is 0 Å². The Hall–Kier alpha value is -1.51. The third-order valence-electron chi connectivity index (χ3n) is 2.92. The number of nitrogen functional groups attached to an aromatic ring is 1. The topological polar surface area (TPSA) is 46.3 Å². The lowest BCUT2D eigenvalue weighted by molar-refractivity contribution is -0.129. The van der Waals surface area contributed by atoms with E-state index in [0.29, 0.717) is 12.1 Å². The molecule has 17 heavy (non-hydrogen) atoms. The molecule has 0 unspecified atom stereocenters. The van der Waals surface area contributed by atoms with E-state index in [1.54, 1.807) is 4.90 Å². The maximum Gasteiger partial charge on any atom is 0.226 e. The van der Waals surface area contributed by atoms with Crippen molar-refractivity contribution in [2.75, 3.05) is 19.3 Å². The van der Waals surface area contributed by atoms with Gasteiger partial charge in [-0.05, 0) is 18.1 Å². The number of para-hydroxylation sites is 1. The first-order chi connectivity index (χ1) is 8.15. The van der Waals surface area contributed by atoms with Crippen LogP contribution < -0.4 is 5.73 Å². The van der Waals surface area contributed by atoms with E-state index in [9.17, 15) is 4.79 Å². The Morgan fingerprint density at radius 3 is 2.65 bits per heavy atom. The minimum atomic E-state index is 0.138. The van der Waals surface area contributed by atoms with Gasteiger partial charge in [-0.2, -0.15) is 0 Å². The summed E-state index contributed by atoms with van der Waals surface area (Å²) in [5.41, 5.74) is 7.43. The average molecular weight is 234 g/mol. The van der Waals surface area contributed by atoms with Crippen LogP contribution in [-0.4, -0.2) is 24.4 Å². The van der Waals surface area contributed by atoms with Crippen LogP contribution >= 0.6 is 0 Å². The van der Waals surface area contributed by atoms with E-state index < -0.39 is 0 Å². The lowest BCUT2D eigenvalue weighted by Gasteiger charge is -2.17. The Bertz CT molecular complexity index is 363. The van der Waals surface area contributed by atoms with Crippen molar-refractivity contribution < 1.29 is 4.79 Å². The molecule has 3 heteroatoms. The zero-order chi connectivity index (χ0) is 12.7. The van der Waals surface area contributed by atoms with Gasteiger partial charge < -0.3 is 10.6 Å². The molecule has 1 amide bonds. The smallest absolute Gasteiger partial charge is 0.226 e. The van der Waals surface area contributed by atoms with Crippen molar-refractivity contribution >= 4 is 11.6 Å². The van der Waals surface area contributed by atoms with E-state index in [4.69, 9.17) is 5.73 Å². The Labute approximate surface area is 104 Å². The molecule has 0 aliphatic carbocycles. The molecule has 0 atom stereocenters. The molecule has 0 radical (unpaired) electrons. The van der Waals surface area contributed by atoms with Gasteiger partial charge in [0.25, 0.3) is 0 Å². The highest BCUT2D eigenvalue weighted by molar-refractivity contribution is 5.80. The standard InChI is InChI=1S/C14H22N2O/c1-3-4-7-10-16(2)14(17)11-12-8-5-6-9-13(12)15/h5-6,8-9H,3-4,7,10-11,15H2,1-2H3. The van der Waals surface area contributed by atoms with E-state index in [2.05, 4.69) is 6.92 Å². The summed E-state index contributed by atoms with van der Waals surface area (Å²) in [5.74, 6) is 0.138. The fourth-order valence-electron chi connectivity index (χ4n) is 1.72. The number of unbranched alkanes of at least 4 members (excludes halogenated alkanes) is 2. The van der Waals surface area contributed by atoms with E-state index in [0.717, 1.165) is 18.5 Å². The number of amides is 1. The van der Waals surface area contributed by atoms with Gasteiger partial charge in [-0.15, -0.1) is 0 Å². The highest BCUT2D eigenvalue weighted by Crippen LogP contribution is 2.12. The summed E-state index contributed by atoms with van der Waals surface area (Å²) < 4.78 is 0. The second kappa shape index (κ2) is 6.94. The zero-order valence-corrected chi connectivity index (χ0v) is 10.8. The van der Waals surface area contributed by atoms with Crippen molar-refractivity contribution in [3.63, 3.8) is 0 Å². The number of anilines is 1. The number of hydrogen-bond donors (Lipinski definition) is 1. The average Bonchev–Trinajstić information content (AvgIpc) is 2.32. The Kier molecular flexibility index (Phi) is 5.53. The zero-order valence-electron chi connectivity index (χ0n) is 10.8. The van der Waals surface area contributed by atoms with E-state index >= 15 is 0 Å². The van der Waals surface area contributed by atoms with Gasteiger partial charge in [0.05, 0.1) is 6.42 Å². The molecular weight excluding hydrogens is 212 g/mol. The predicted molar refractivity (Wildman–Crippen MR) is 71.7 cm³/mol. The maximum absolute atomic E-state index is 11.9. The van der Waals surface area contributed by atoms with Gasteiger partial charge in [-0.25, -0.2) is 0 Å². The van der Waals surface area contributed by atoms with Gasteiger partial charge in [0.2, 0.25) is 5.91 Å². The molecule has 94 valence electrons. The van der Waals surface area contributed by atoms with Gasteiger partial charge in [0.15, 0.2) is 0 Å². The summed E-state index contributed by atoms with van der Waals surface area (Å²) in [6, 6.07) is 7.54. The molecule has 0 saturated carbocycles. The van der Waals surface area contributed by atoms with Crippen LogP contribution in [0.2, 0.25) is 0 Å². The summed E-state index contributed by atoms with van der Waals surface area (Å²) in [7, 11) is 1.86. The normalized spacial score (nSPS) is 10.2. The minimum absolute atomic E-state index is 0.138. The number of rotatable bonds is 6. The highest BCUT2D eigenvalue weighted by atomic mass is 16.2. The second-order valence-corrected chi connectivity index (χ2v) is 4.40. The van der Waals surface area contributed by atoms with Crippen molar-refractivity contribution in [2.45, 2.75) is 32.6 Å². The number of hydrogen-bond acceptors (Lipinski definition) is 2. The van der Waals surface area contributed by atoms with Crippen molar-refractivity contribution in [3.8, 4) is 0 Å². The largest absolute Gasteiger partial charge is 0.398 e. The molecule has 0 aromatic heterocycles. The van der Waals surface area contributed by atoms with Crippen molar-refractivity contribution in [2.24, 2.45) is 0 Å². The third kappa shape index (κ3) is 4.47. The van der Waals surface area contributed by atoms with Gasteiger partial charge in [0.1, 0.15) is 0 Å². The monoisotopic (exact) mass is 234 g/mol. The molecule has 0 fully saturated rings. The van der Waals surface area contributed by atoms with E-state index in [-0.39, 0.29) is 5.91 Å². The first kappa shape index (κ1) is 13.6. The van der Waals surface area contributed by atoms with Crippen LogP contribution in [0.1, 0.15) is 31.7 Å². The molecule has 1 aromatic carbocycles. The van der Waals surface area contributed by atoms with Crippen LogP contribution in [0.5, 0.6) is 0 Å². The summed E-state index contributed by atoms with van der Waals surface area (Å²) >= 11 is 0. The molecule has 1 aromatic rings. The summed E-state index contributed by atoms with van der Waals surface area (Å²) in [6.45, 7) is 2.99. The SMILES string of the molecule is CCCCCN(C)C(=O)Cc1ccccc1N. The Balaban J connectivity index is 2.46. The molecule has 2 N–H and O–H groups in total. The lowest BCUT2D eigenvalue weighted by Crippen LogP contribution is -2.29. The molecule has 0 saturated heterocycles. The number of likely N-dealkylation sites (N-methyl/N-ethyl adjacent to an activating group) is 1. The fourth-order valence-corrected chi connectivity index (χ4v) is 1.72. The number of carbonyl (C=O) groups excluding carboxylic acids is 1. The van der Waals surface area contributed by atoms with E-state index in [1.165, 1.54) is 12.8 Å². The summed E-state index contributed by atoms with van der Waals surface area (Å²) in [6.07, 6.45) is 3.82. The van der Waals surface area contributed by atoms with Crippen LogP contribution in [0.4, 0.5) is 5.69 Å². The molecule has 0 spiro atoms. The maximum atomic E-state index is 11.9. The third-order valence-corrected chi connectivity index (χ3v) is 2.92. The fraction of sp³-hybridized carbons (Fsp3) is 0.500. The van der Waals surface area contributed by atoms with Crippen LogP contribution in [-0.2, 0) is 11.2 Å². The predicted octanol–water partition coefficient (Wildman–Crippen LogP) is 2.46. The van der Waals surface area contributed by atoms with Crippen molar-refractivity contribution in [1.82, 2.24) is 4.90 Å². The highest BCUT2D eigenvalue weighted by Gasteiger charge is 2.10. The Morgan fingerprint density at radius 2 is 2.00 bits per heavy atom.